The predicted octanol–water partition coefficient (Wildman–Crippen LogP) is 2.60. The van der Waals surface area contributed by atoms with Crippen molar-refractivity contribution in [2.24, 2.45) is 29.1 Å². The van der Waals surface area contributed by atoms with Crippen molar-refractivity contribution in [1.82, 2.24) is 0 Å². The molecule has 1 N–H and O–H groups in total. The van der Waals surface area contributed by atoms with E-state index in [1.807, 2.05) is 0 Å². The molecular weight excluding hydrogens is 240 g/mol. The first kappa shape index (κ1) is 14.7. The lowest BCUT2D eigenvalue weighted by atomic mass is 9.51. The van der Waals surface area contributed by atoms with Crippen LogP contribution in [0.25, 0.3) is 0 Å². The lowest BCUT2D eigenvalue weighted by Crippen LogP contribution is -2.55. The first-order valence-electron chi connectivity index (χ1n) is 7.47. The Labute approximate surface area is 115 Å². The van der Waals surface area contributed by atoms with Crippen LogP contribution in [0, 0.1) is 29.1 Å². The Morgan fingerprint density at radius 2 is 2.00 bits per heavy atom. The van der Waals surface area contributed by atoms with Gasteiger partial charge in [-0.25, -0.2) is 0 Å². The molecule has 0 heterocycles. The number of fused-ring (bicyclic) bond motifs is 1. The van der Waals surface area contributed by atoms with Crippen LogP contribution in [0.15, 0.2) is 0 Å². The van der Waals surface area contributed by atoms with E-state index >= 15 is 0 Å². The number of carbonyl (C=O) groups is 2. The molecule has 5 atom stereocenters. The van der Waals surface area contributed by atoms with Crippen LogP contribution in [0.3, 0.4) is 0 Å². The van der Waals surface area contributed by atoms with Crippen molar-refractivity contribution in [3.8, 4) is 0 Å². The second-order valence-electron chi connectivity index (χ2n) is 7.16. The highest BCUT2D eigenvalue weighted by Gasteiger charge is 2.54. The second-order valence-corrected chi connectivity index (χ2v) is 7.16. The molecule has 2 aliphatic carbocycles. The van der Waals surface area contributed by atoms with Crippen LogP contribution in [0.4, 0.5) is 0 Å². The molecule has 2 aliphatic rings. The summed E-state index contributed by atoms with van der Waals surface area (Å²) in [5.41, 5.74) is -0.190. The van der Waals surface area contributed by atoms with Gasteiger partial charge < -0.3 is 5.11 Å². The Morgan fingerprint density at radius 3 is 2.53 bits per heavy atom. The fourth-order valence-electron chi connectivity index (χ4n) is 4.43. The molecule has 2 saturated carbocycles. The Bertz CT molecular complexity index is 387. The molecule has 3 heteroatoms. The number of hydrogen-bond donors (Lipinski definition) is 1. The number of hydrogen-bond acceptors (Lipinski definition) is 3. The Balaban J connectivity index is 2.32. The number of carbonyl (C=O) groups excluding carboxylic acids is 2. The van der Waals surface area contributed by atoms with Crippen LogP contribution >= 0.6 is 0 Å². The highest BCUT2D eigenvalue weighted by molar-refractivity contribution is 5.89. The van der Waals surface area contributed by atoms with Crippen molar-refractivity contribution >= 4 is 11.6 Å². The zero-order chi connectivity index (χ0) is 14.4. The molecule has 2 fully saturated rings. The Hall–Kier alpha value is -0.700. The van der Waals surface area contributed by atoms with Gasteiger partial charge in [-0.05, 0) is 42.9 Å². The molecule has 108 valence electrons. The monoisotopic (exact) mass is 266 g/mol. The molecule has 0 aliphatic heterocycles. The van der Waals surface area contributed by atoms with Gasteiger partial charge in [-0.2, -0.15) is 0 Å². The third kappa shape index (κ3) is 2.37. The van der Waals surface area contributed by atoms with Crippen molar-refractivity contribution in [2.75, 3.05) is 0 Å². The lowest BCUT2D eigenvalue weighted by molar-refractivity contribution is -0.155. The molecule has 0 radical (unpaired) electrons. The van der Waals surface area contributed by atoms with E-state index in [1.54, 1.807) is 6.92 Å². The van der Waals surface area contributed by atoms with Crippen LogP contribution in [0.5, 0.6) is 0 Å². The minimum atomic E-state index is -0.440. The lowest BCUT2D eigenvalue weighted by Gasteiger charge is -2.54. The second kappa shape index (κ2) is 5.01. The molecule has 2 rings (SSSR count). The van der Waals surface area contributed by atoms with Gasteiger partial charge in [0, 0.05) is 18.8 Å². The van der Waals surface area contributed by atoms with E-state index in [2.05, 4.69) is 20.8 Å². The fraction of sp³-hybridized carbons (Fsp3) is 0.875. The minimum Gasteiger partial charge on any atom is -0.393 e. The third-order valence-corrected chi connectivity index (χ3v) is 5.74. The number of rotatable bonds is 2. The van der Waals surface area contributed by atoms with Crippen LogP contribution in [0.1, 0.15) is 53.4 Å². The Kier molecular flexibility index (Phi) is 3.87. The van der Waals surface area contributed by atoms with Crippen molar-refractivity contribution in [3.05, 3.63) is 0 Å². The predicted molar refractivity (Wildman–Crippen MR) is 73.6 cm³/mol. The summed E-state index contributed by atoms with van der Waals surface area (Å²) >= 11 is 0. The van der Waals surface area contributed by atoms with Gasteiger partial charge in [0.2, 0.25) is 0 Å². The van der Waals surface area contributed by atoms with Crippen molar-refractivity contribution < 1.29 is 14.7 Å². The van der Waals surface area contributed by atoms with Crippen molar-refractivity contribution in [1.29, 1.82) is 0 Å². The summed E-state index contributed by atoms with van der Waals surface area (Å²) in [5.74, 6) is 0.705. The molecule has 0 spiro atoms. The molecule has 0 aromatic rings. The largest absolute Gasteiger partial charge is 0.393 e. The van der Waals surface area contributed by atoms with Gasteiger partial charge in [0.1, 0.15) is 11.6 Å². The number of ketones is 2. The topological polar surface area (TPSA) is 54.4 Å². The molecule has 0 amide bonds. The van der Waals surface area contributed by atoms with Crippen LogP contribution in [-0.4, -0.2) is 22.8 Å². The molecular formula is C16H26O3. The van der Waals surface area contributed by atoms with Crippen LogP contribution < -0.4 is 0 Å². The number of aliphatic hydroxyl groups is 1. The third-order valence-electron chi connectivity index (χ3n) is 5.74. The van der Waals surface area contributed by atoms with Gasteiger partial charge in [0.25, 0.3) is 0 Å². The van der Waals surface area contributed by atoms with E-state index in [0.29, 0.717) is 18.8 Å². The molecule has 0 unspecified atom stereocenters. The van der Waals surface area contributed by atoms with Gasteiger partial charge in [-0.15, -0.1) is 0 Å². The number of Topliss-reactive ketones (excluding diaryl/α,β-unsaturated/α-hetero) is 2. The smallest absolute Gasteiger partial charge is 0.134 e. The summed E-state index contributed by atoms with van der Waals surface area (Å²) in [5, 5.41) is 10.7. The van der Waals surface area contributed by atoms with Crippen LogP contribution in [-0.2, 0) is 9.59 Å². The molecule has 0 aromatic heterocycles. The van der Waals surface area contributed by atoms with E-state index in [-0.39, 0.29) is 34.7 Å². The van der Waals surface area contributed by atoms with Gasteiger partial charge >= 0.3 is 0 Å². The maximum Gasteiger partial charge on any atom is 0.134 e. The van der Waals surface area contributed by atoms with Gasteiger partial charge in [0.05, 0.1) is 6.10 Å². The molecule has 0 bridgehead atoms. The van der Waals surface area contributed by atoms with Gasteiger partial charge in [-0.3, -0.25) is 9.59 Å². The highest BCUT2D eigenvalue weighted by atomic mass is 16.3. The average molecular weight is 266 g/mol. The molecule has 19 heavy (non-hydrogen) atoms. The first-order valence-corrected chi connectivity index (χ1v) is 7.47. The summed E-state index contributed by atoms with van der Waals surface area (Å²) in [7, 11) is 0. The average Bonchev–Trinajstić information content (AvgIpc) is 2.30. The highest BCUT2D eigenvalue weighted by Crippen LogP contribution is 2.55. The molecule has 0 aromatic carbocycles. The van der Waals surface area contributed by atoms with Gasteiger partial charge in [-0.1, -0.05) is 20.8 Å². The van der Waals surface area contributed by atoms with E-state index in [0.717, 1.165) is 12.8 Å². The maximum absolute atomic E-state index is 11.9. The summed E-state index contributed by atoms with van der Waals surface area (Å²) in [6, 6.07) is 0. The van der Waals surface area contributed by atoms with E-state index in [4.69, 9.17) is 0 Å². The summed E-state index contributed by atoms with van der Waals surface area (Å²) in [6.45, 7) is 7.95. The first-order chi connectivity index (χ1) is 8.77. The number of aliphatic hydroxyl groups excluding tert-OH is 1. The minimum absolute atomic E-state index is 0.0381. The van der Waals surface area contributed by atoms with Gasteiger partial charge in [0.15, 0.2) is 0 Å². The molecule has 3 nitrogen and oxygen atoms in total. The Morgan fingerprint density at radius 1 is 1.37 bits per heavy atom. The van der Waals surface area contributed by atoms with Crippen molar-refractivity contribution in [2.45, 2.75) is 59.5 Å². The van der Waals surface area contributed by atoms with Crippen LogP contribution in [0.2, 0.25) is 0 Å². The van der Waals surface area contributed by atoms with E-state index < -0.39 is 6.10 Å². The molecule has 0 saturated heterocycles. The summed E-state index contributed by atoms with van der Waals surface area (Å²) in [6.07, 6.45) is 2.30. The quantitative estimate of drug-likeness (QED) is 0.836. The van der Waals surface area contributed by atoms with E-state index in [9.17, 15) is 14.7 Å². The maximum atomic E-state index is 11.9. The zero-order valence-corrected chi connectivity index (χ0v) is 12.5. The zero-order valence-electron chi connectivity index (χ0n) is 12.5. The van der Waals surface area contributed by atoms with Crippen molar-refractivity contribution in [3.63, 3.8) is 0 Å². The fourth-order valence-corrected chi connectivity index (χ4v) is 4.43. The standard InChI is InChI=1S/C16H26O3/c1-9(2)12-5-6-16(4)13(10(3)17)7-11(18)8-14(16)15(12)19/h9,12-15,19H,5-8H2,1-4H3/t12-,13+,14+,15+,16+/m0/s1. The van der Waals surface area contributed by atoms with E-state index in [1.165, 1.54) is 0 Å². The normalized spacial score (nSPS) is 43.2. The SMILES string of the molecule is CC(=O)[C@H]1CC(=O)C[C@@H]2[C@H](O)[C@H](C(C)C)CC[C@]12C. The summed E-state index contributed by atoms with van der Waals surface area (Å²) < 4.78 is 0. The summed E-state index contributed by atoms with van der Waals surface area (Å²) in [4.78, 5) is 23.8.